The first-order chi connectivity index (χ1) is 7.25. The fourth-order valence-electron chi connectivity index (χ4n) is 1.61. The van der Waals surface area contributed by atoms with E-state index >= 15 is 0 Å². The van der Waals surface area contributed by atoms with Crippen molar-refractivity contribution in [3.8, 4) is 5.88 Å². The van der Waals surface area contributed by atoms with Crippen LogP contribution in [0.5, 0.6) is 5.88 Å². The van der Waals surface area contributed by atoms with Gasteiger partial charge in [0.2, 0.25) is 5.71 Å². The predicted octanol–water partition coefficient (Wildman–Crippen LogP) is -2.25. The average molecular weight is 224 g/mol. The van der Waals surface area contributed by atoms with Crippen molar-refractivity contribution in [1.82, 2.24) is 9.97 Å². The summed E-state index contributed by atoms with van der Waals surface area (Å²) in [5, 5.41) is 12.5. The van der Waals surface area contributed by atoms with Gasteiger partial charge in [0.15, 0.2) is 0 Å². The van der Waals surface area contributed by atoms with Gasteiger partial charge in [0.1, 0.15) is 5.58 Å². The van der Waals surface area contributed by atoms with Crippen LogP contribution in [-0.4, -0.2) is 9.97 Å². The Morgan fingerprint density at radius 2 is 2.06 bits per heavy atom. The van der Waals surface area contributed by atoms with Crippen LogP contribution in [0.4, 0.5) is 0 Å². The molecule has 0 fully saturated rings. The second kappa shape index (κ2) is 3.93. The molecule has 1 aromatic carbocycles. The van der Waals surface area contributed by atoms with E-state index in [1.54, 1.807) is 24.3 Å². The number of nitrogens with zero attached hydrogens (tertiary/aromatic N) is 1. The van der Waals surface area contributed by atoms with Gasteiger partial charge in [0.25, 0.3) is 0 Å². The largest absolute Gasteiger partial charge is 1.00 e. The van der Waals surface area contributed by atoms with Crippen LogP contribution < -0.4 is 40.4 Å². The number of para-hydroxylation sites is 1. The third-order valence-corrected chi connectivity index (χ3v) is 2.23. The molecule has 3 aromatic rings. The maximum atomic E-state index is 11.5. The summed E-state index contributed by atoms with van der Waals surface area (Å²) in [4.78, 5) is 16.7. The van der Waals surface area contributed by atoms with Crippen molar-refractivity contribution in [1.29, 1.82) is 0 Å². The number of benzene rings is 1. The molecule has 0 saturated heterocycles. The quantitative estimate of drug-likeness (QED) is 0.437. The molecular weight excluding hydrogens is 219 g/mol. The summed E-state index contributed by atoms with van der Waals surface area (Å²) in [5.74, 6) is -0.463. The Morgan fingerprint density at radius 1 is 1.31 bits per heavy atom. The Labute approximate surface area is 111 Å². The van der Waals surface area contributed by atoms with Gasteiger partial charge < -0.3 is 14.5 Å². The zero-order valence-corrected chi connectivity index (χ0v) is 10.5. The molecule has 74 valence electrons. The Kier molecular flexibility index (Phi) is 2.75. The Morgan fingerprint density at radius 3 is 2.88 bits per heavy atom. The molecule has 0 aliphatic carbocycles. The first-order valence-electron chi connectivity index (χ1n) is 4.34. The van der Waals surface area contributed by atoms with E-state index in [1.165, 1.54) is 0 Å². The molecule has 0 amide bonds. The standard InChI is InChI=1S/C10H6N2O3.Na/c13-8-7-5-3-1-2-4-6(5)15-9(7)12-10(14)11-8;/h1-4H,(H2,11,12,13,14);/q;+1/p-1. The Balaban J connectivity index is 0.000000963. The molecule has 5 nitrogen and oxygen atoms in total. The van der Waals surface area contributed by atoms with Gasteiger partial charge in [-0.05, 0) is 11.9 Å². The number of fused-ring (bicyclic) bond motifs is 3. The number of hydrogen-bond acceptors (Lipinski definition) is 4. The van der Waals surface area contributed by atoms with Crippen LogP contribution in [0, 0.1) is 0 Å². The second-order valence-electron chi connectivity index (χ2n) is 3.15. The van der Waals surface area contributed by atoms with E-state index in [1.807, 2.05) is 0 Å². The number of aromatic amines is 1. The molecule has 0 atom stereocenters. The normalized spacial score (nSPS) is 10.5. The SMILES string of the molecule is O=c1nc2oc3ccccc3c2c([O-])[nH]1.[Na+]. The molecule has 0 saturated carbocycles. The third-order valence-electron chi connectivity index (χ3n) is 2.23. The molecule has 0 spiro atoms. The van der Waals surface area contributed by atoms with Crippen LogP contribution in [0.1, 0.15) is 0 Å². The van der Waals surface area contributed by atoms with E-state index in [9.17, 15) is 9.90 Å². The van der Waals surface area contributed by atoms with Crippen molar-refractivity contribution < 1.29 is 39.1 Å². The van der Waals surface area contributed by atoms with Gasteiger partial charge in [-0.25, -0.2) is 4.79 Å². The van der Waals surface area contributed by atoms with Crippen molar-refractivity contribution in [3.63, 3.8) is 0 Å². The number of rotatable bonds is 0. The third kappa shape index (κ3) is 1.53. The number of aromatic nitrogens is 2. The van der Waals surface area contributed by atoms with E-state index in [4.69, 9.17) is 4.42 Å². The first kappa shape index (κ1) is 11.2. The van der Waals surface area contributed by atoms with E-state index in [2.05, 4.69) is 9.97 Å². The van der Waals surface area contributed by atoms with Crippen LogP contribution in [0.3, 0.4) is 0 Å². The topological polar surface area (TPSA) is 81.9 Å². The molecule has 0 unspecified atom stereocenters. The molecule has 1 N–H and O–H groups in total. The molecule has 6 heteroatoms. The van der Waals surface area contributed by atoms with E-state index in [0.717, 1.165) is 0 Å². The van der Waals surface area contributed by atoms with E-state index in [0.29, 0.717) is 16.4 Å². The second-order valence-corrected chi connectivity index (χ2v) is 3.15. The minimum absolute atomic E-state index is 0. The van der Waals surface area contributed by atoms with Gasteiger partial charge in [-0.15, -0.1) is 0 Å². The summed E-state index contributed by atoms with van der Waals surface area (Å²) >= 11 is 0. The van der Waals surface area contributed by atoms with Crippen LogP contribution in [0.25, 0.3) is 22.1 Å². The molecule has 0 aliphatic rings. The van der Waals surface area contributed by atoms with Crippen LogP contribution >= 0.6 is 0 Å². The summed E-state index contributed by atoms with van der Waals surface area (Å²) < 4.78 is 5.28. The first-order valence-corrected chi connectivity index (χ1v) is 4.34. The fourth-order valence-corrected chi connectivity index (χ4v) is 1.61. The Bertz CT molecular complexity index is 717. The average Bonchev–Trinajstić information content (AvgIpc) is 2.54. The van der Waals surface area contributed by atoms with Gasteiger partial charge >= 0.3 is 35.2 Å². The molecule has 0 bridgehead atoms. The van der Waals surface area contributed by atoms with Crippen LogP contribution in [0.15, 0.2) is 33.5 Å². The minimum Gasteiger partial charge on any atom is -0.860 e. The number of H-pyrrole nitrogens is 1. The molecule has 0 aliphatic heterocycles. The maximum absolute atomic E-state index is 11.5. The van der Waals surface area contributed by atoms with E-state index in [-0.39, 0.29) is 35.3 Å². The van der Waals surface area contributed by atoms with Crippen molar-refractivity contribution in [3.05, 3.63) is 34.7 Å². The summed E-state index contributed by atoms with van der Waals surface area (Å²) in [7, 11) is 0. The van der Waals surface area contributed by atoms with Crippen LogP contribution in [-0.2, 0) is 0 Å². The molecule has 2 heterocycles. The monoisotopic (exact) mass is 224 g/mol. The molecule has 3 rings (SSSR count). The minimum atomic E-state index is -0.688. The smallest absolute Gasteiger partial charge is 0.860 e. The fraction of sp³-hybridized carbons (Fsp3) is 0. The van der Waals surface area contributed by atoms with Gasteiger partial charge in [-0.1, -0.05) is 18.2 Å². The summed E-state index contributed by atoms with van der Waals surface area (Å²) in [6.07, 6.45) is 0. The van der Waals surface area contributed by atoms with Gasteiger partial charge in [-0.2, -0.15) is 4.98 Å². The molecule has 2 aromatic heterocycles. The number of furan rings is 1. The molecule has 0 radical (unpaired) electrons. The summed E-state index contributed by atoms with van der Waals surface area (Å²) in [5.41, 5.74) is -0.0485. The Hall–Kier alpha value is -1.30. The van der Waals surface area contributed by atoms with Gasteiger partial charge in [-0.3, -0.25) is 0 Å². The maximum Gasteiger partial charge on any atom is 1.00 e. The number of nitrogens with one attached hydrogen (secondary N) is 1. The summed E-state index contributed by atoms with van der Waals surface area (Å²) in [6, 6.07) is 7.06. The van der Waals surface area contributed by atoms with Crippen LogP contribution in [0.2, 0.25) is 0 Å². The predicted molar refractivity (Wildman–Crippen MR) is 51.6 cm³/mol. The molecule has 16 heavy (non-hydrogen) atoms. The molecular formula is C10H5N2NaO3. The van der Waals surface area contributed by atoms with Crippen molar-refractivity contribution in [2.75, 3.05) is 0 Å². The van der Waals surface area contributed by atoms with Gasteiger partial charge in [0.05, 0.1) is 5.39 Å². The van der Waals surface area contributed by atoms with Gasteiger partial charge in [0, 0.05) is 5.39 Å². The van der Waals surface area contributed by atoms with Crippen molar-refractivity contribution in [2.24, 2.45) is 0 Å². The number of hydrogen-bond donors (Lipinski definition) is 1. The zero-order chi connectivity index (χ0) is 10.4. The zero-order valence-electron chi connectivity index (χ0n) is 8.48. The van der Waals surface area contributed by atoms with Crippen molar-refractivity contribution in [2.45, 2.75) is 0 Å². The summed E-state index contributed by atoms with van der Waals surface area (Å²) in [6.45, 7) is 0. The van der Waals surface area contributed by atoms with Crippen molar-refractivity contribution >= 4 is 22.1 Å². The van der Waals surface area contributed by atoms with E-state index < -0.39 is 11.6 Å².